The quantitative estimate of drug-likeness (QED) is 0.0772. The molecule has 0 unspecified atom stereocenters. The molecule has 0 heterocycles. The fourth-order valence-electron chi connectivity index (χ4n) is 4.05. The first-order valence-corrected chi connectivity index (χ1v) is 13.6. The van der Waals surface area contributed by atoms with Crippen molar-refractivity contribution in [3.8, 4) is 28.4 Å². The van der Waals surface area contributed by atoms with Crippen molar-refractivity contribution >= 4 is 17.9 Å². The number of benzene rings is 4. The normalized spacial score (nSPS) is 10.4. The fraction of sp³-hybridized carbons (Fsp3) is 0.171. The lowest BCUT2D eigenvalue weighted by molar-refractivity contribution is -0.137. The van der Waals surface area contributed by atoms with Crippen molar-refractivity contribution in [2.45, 2.75) is 26.7 Å². The van der Waals surface area contributed by atoms with E-state index < -0.39 is 17.9 Å². The minimum absolute atomic E-state index is 0.310. The van der Waals surface area contributed by atoms with Crippen LogP contribution in [-0.2, 0) is 9.53 Å². The third kappa shape index (κ3) is 7.95. The van der Waals surface area contributed by atoms with E-state index >= 15 is 0 Å². The summed E-state index contributed by atoms with van der Waals surface area (Å²) in [6, 6.07) is 27.1. The standard InChI is InChI=1S/C35H32O7/c1-4-33(36)40-23-9-8-22-39-30-18-16-29(17-19-30)35(38)42-32-21-20-31(24(2)25(32)3)41-34(37)28-14-12-27(13-15-28)26-10-6-5-7-11-26/h4-7,10-21H,1,8-9,22-23H2,2-3H3. The monoisotopic (exact) mass is 564 g/mol. The van der Waals surface area contributed by atoms with Crippen molar-refractivity contribution in [3.05, 3.63) is 126 Å². The maximum Gasteiger partial charge on any atom is 0.343 e. The van der Waals surface area contributed by atoms with Crippen LogP contribution in [0, 0.1) is 13.8 Å². The zero-order valence-corrected chi connectivity index (χ0v) is 23.6. The van der Waals surface area contributed by atoms with Gasteiger partial charge in [0.25, 0.3) is 0 Å². The van der Waals surface area contributed by atoms with Crippen LogP contribution in [-0.4, -0.2) is 31.1 Å². The number of carbonyl (C=O) groups excluding carboxylic acids is 3. The Hall–Kier alpha value is -5.17. The zero-order chi connectivity index (χ0) is 29.9. The molecule has 7 nitrogen and oxygen atoms in total. The second kappa shape index (κ2) is 14.5. The highest BCUT2D eigenvalue weighted by Gasteiger charge is 2.17. The fourth-order valence-corrected chi connectivity index (χ4v) is 4.05. The first-order valence-electron chi connectivity index (χ1n) is 13.6. The molecule has 0 fully saturated rings. The molecule has 0 amide bonds. The number of esters is 3. The third-order valence-electron chi connectivity index (χ3n) is 6.63. The summed E-state index contributed by atoms with van der Waals surface area (Å²) in [5, 5.41) is 0. The molecule has 0 aliphatic heterocycles. The number of rotatable bonds is 12. The predicted octanol–water partition coefficient (Wildman–Crippen LogP) is 7.30. The van der Waals surface area contributed by atoms with E-state index in [1.807, 2.05) is 49.4 Å². The summed E-state index contributed by atoms with van der Waals surface area (Å²) in [7, 11) is 0. The first kappa shape index (κ1) is 29.8. The van der Waals surface area contributed by atoms with Gasteiger partial charge in [0.05, 0.1) is 24.3 Å². The van der Waals surface area contributed by atoms with Gasteiger partial charge in [0, 0.05) is 6.08 Å². The number of hydrogen-bond donors (Lipinski definition) is 0. The molecule has 4 rings (SSSR count). The molecule has 214 valence electrons. The lowest BCUT2D eigenvalue weighted by Gasteiger charge is -2.14. The average Bonchev–Trinajstić information content (AvgIpc) is 3.03. The van der Waals surface area contributed by atoms with Crippen LogP contribution in [0.2, 0.25) is 0 Å². The number of unbranched alkanes of at least 4 members (excludes halogenated alkanes) is 1. The van der Waals surface area contributed by atoms with E-state index in [0.717, 1.165) is 17.2 Å². The van der Waals surface area contributed by atoms with Gasteiger partial charge in [-0.2, -0.15) is 0 Å². The molecule has 0 spiro atoms. The van der Waals surface area contributed by atoms with E-state index in [1.54, 1.807) is 55.5 Å². The second-order valence-corrected chi connectivity index (χ2v) is 9.49. The highest BCUT2D eigenvalue weighted by molar-refractivity contribution is 5.92. The van der Waals surface area contributed by atoms with Crippen LogP contribution in [0.3, 0.4) is 0 Å². The van der Waals surface area contributed by atoms with Crippen LogP contribution >= 0.6 is 0 Å². The van der Waals surface area contributed by atoms with Crippen molar-refractivity contribution in [3.63, 3.8) is 0 Å². The highest BCUT2D eigenvalue weighted by Crippen LogP contribution is 2.31. The topological polar surface area (TPSA) is 88.1 Å². The lowest BCUT2D eigenvalue weighted by atomic mass is 10.0. The minimum atomic E-state index is -0.517. The molecular weight excluding hydrogens is 532 g/mol. The molecule has 0 aromatic heterocycles. The Balaban J connectivity index is 1.30. The molecule has 0 saturated carbocycles. The number of hydrogen-bond acceptors (Lipinski definition) is 7. The lowest BCUT2D eigenvalue weighted by Crippen LogP contribution is -2.12. The van der Waals surface area contributed by atoms with Crippen molar-refractivity contribution in [1.29, 1.82) is 0 Å². The zero-order valence-electron chi connectivity index (χ0n) is 23.6. The van der Waals surface area contributed by atoms with Gasteiger partial charge in [-0.3, -0.25) is 0 Å². The number of carbonyl (C=O) groups is 3. The SMILES string of the molecule is C=CC(=O)OCCCCOc1ccc(C(=O)Oc2ccc(OC(=O)c3ccc(-c4ccccc4)cc3)c(C)c2C)cc1. The van der Waals surface area contributed by atoms with Crippen LogP contribution in [0.4, 0.5) is 0 Å². The summed E-state index contributed by atoms with van der Waals surface area (Å²) >= 11 is 0. The molecule has 4 aromatic rings. The molecule has 0 aliphatic rings. The molecule has 0 atom stereocenters. The molecule has 7 heteroatoms. The summed E-state index contributed by atoms with van der Waals surface area (Å²) in [4.78, 5) is 36.6. The number of ether oxygens (including phenoxy) is 4. The first-order chi connectivity index (χ1) is 20.4. The van der Waals surface area contributed by atoms with E-state index in [2.05, 4.69) is 6.58 Å². The van der Waals surface area contributed by atoms with Gasteiger partial charge in [0.1, 0.15) is 17.2 Å². The smallest absolute Gasteiger partial charge is 0.343 e. The summed E-state index contributed by atoms with van der Waals surface area (Å²) in [6.45, 7) is 7.72. The average molecular weight is 565 g/mol. The third-order valence-corrected chi connectivity index (χ3v) is 6.63. The Morgan fingerprint density at radius 2 is 1.14 bits per heavy atom. The largest absolute Gasteiger partial charge is 0.494 e. The Bertz CT molecular complexity index is 1540. The molecule has 0 radical (unpaired) electrons. The van der Waals surface area contributed by atoms with Gasteiger partial charge in [0.15, 0.2) is 0 Å². The van der Waals surface area contributed by atoms with Gasteiger partial charge in [-0.05, 0) is 97.5 Å². The van der Waals surface area contributed by atoms with E-state index in [0.29, 0.717) is 65.6 Å². The minimum Gasteiger partial charge on any atom is -0.494 e. The van der Waals surface area contributed by atoms with Gasteiger partial charge in [-0.25, -0.2) is 14.4 Å². The maximum atomic E-state index is 12.8. The predicted molar refractivity (Wildman–Crippen MR) is 160 cm³/mol. The van der Waals surface area contributed by atoms with Gasteiger partial charge in [-0.15, -0.1) is 0 Å². The van der Waals surface area contributed by atoms with Crippen molar-refractivity contribution in [2.75, 3.05) is 13.2 Å². The molecule has 0 bridgehead atoms. The molecule has 42 heavy (non-hydrogen) atoms. The Kier molecular flexibility index (Phi) is 10.3. The Morgan fingerprint density at radius 1 is 0.643 bits per heavy atom. The van der Waals surface area contributed by atoms with Crippen LogP contribution in [0.1, 0.15) is 44.7 Å². The molecular formula is C35H32O7. The van der Waals surface area contributed by atoms with E-state index in [9.17, 15) is 14.4 Å². The van der Waals surface area contributed by atoms with Crippen molar-refractivity contribution < 1.29 is 33.3 Å². The van der Waals surface area contributed by atoms with Gasteiger partial charge in [-0.1, -0.05) is 49.0 Å². The molecule has 0 saturated heterocycles. The highest BCUT2D eigenvalue weighted by atomic mass is 16.5. The van der Waals surface area contributed by atoms with Gasteiger partial charge >= 0.3 is 17.9 Å². The second-order valence-electron chi connectivity index (χ2n) is 9.49. The van der Waals surface area contributed by atoms with Gasteiger partial charge < -0.3 is 18.9 Å². The molecule has 0 N–H and O–H groups in total. The van der Waals surface area contributed by atoms with Crippen LogP contribution in [0.5, 0.6) is 17.2 Å². The molecule has 0 aliphatic carbocycles. The summed E-state index contributed by atoms with van der Waals surface area (Å²) in [5.41, 5.74) is 4.25. The van der Waals surface area contributed by atoms with Crippen LogP contribution in [0.15, 0.2) is 104 Å². The van der Waals surface area contributed by atoms with E-state index in [4.69, 9.17) is 18.9 Å². The van der Waals surface area contributed by atoms with Crippen LogP contribution in [0.25, 0.3) is 11.1 Å². The van der Waals surface area contributed by atoms with Crippen molar-refractivity contribution in [2.24, 2.45) is 0 Å². The maximum absolute atomic E-state index is 12.8. The Labute approximate surface area is 245 Å². The van der Waals surface area contributed by atoms with E-state index in [-0.39, 0.29) is 0 Å². The summed E-state index contributed by atoms with van der Waals surface area (Å²) < 4.78 is 21.9. The van der Waals surface area contributed by atoms with E-state index in [1.165, 1.54) is 0 Å². The van der Waals surface area contributed by atoms with Crippen LogP contribution < -0.4 is 14.2 Å². The molecule has 4 aromatic carbocycles. The van der Waals surface area contributed by atoms with Gasteiger partial charge in [0.2, 0.25) is 0 Å². The van der Waals surface area contributed by atoms with Crippen molar-refractivity contribution in [1.82, 2.24) is 0 Å². The summed E-state index contributed by atoms with van der Waals surface area (Å²) in [6.07, 6.45) is 2.51. The summed E-state index contributed by atoms with van der Waals surface area (Å²) in [5.74, 6) is -0.0462. The Morgan fingerprint density at radius 3 is 1.69 bits per heavy atom.